The van der Waals surface area contributed by atoms with Gasteiger partial charge in [0.25, 0.3) is 0 Å². The molecule has 0 unspecified atom stereocenters. The lowest BCUT2D eigenvalue weighted by atomic mass is 10.1. The van der Waals surface area contributed by atoms with Crippen LogP contribution in [0.4, 0.5) is 0 Å². The molecule has 0 saturated carbocycles. The number of thioether (sulfide) groups is 1. The van der Waals surface area contributed by atoms with Gasteiger partial charge in [-0.25, -0.2) is 0 Å². The van der Waals surface area contributed by atoms with Crippen molar-refractivity contribution >= 4 is 29.0 Å². The van der Waals surface area contributed by atoms with Gasteiger partial charge in [-0.1, -0.05) is 23.1 Å². The van der Waals surface area contributed by atoms with Gasteiger partial charge in [0.05, 0.1) is 25.5 Å². The smallest absolute Gasteiger partial charge is 0.233 e. The molecule has 6 nitrogen and oxygen atoms in total. The fraction of sp³-hybridized carbons (Fsp3) is 0.400. The van der Waals surface area contributed by atoms with Crippen LogP contribution in [-0.4, -0.2) is 35.6 Å². The largest absolute Gasteiger partial charge is 0.497 e. The zero-order chi connectivity index (χ0) is 16.8. The molecule has 0 saturated heterocycles. The minimum absolute atomic E-state index is 0.0671. The summed E-state index contributed by atoms with van der Waals surface area (Å²) in [6, 6.07) is 5.32. The number of aromatic nitrogens is 2. The van der Waals surface area contributed by atoms with Crippen LogP contribution in [0.15, 0.2) is 28.0 Å². The summed E-state index contributed by atoms with van der Waals surface area (Å²) >= 11 is 2.81. The zero-order valence-corrected chi connectivity index (χ0v) is 15.0. The highest BCUT2D eigenvalue weighted by Crippen LogP contribution is 2.30. The van der Waals surface area contributed by atoms with Gasteiger partial charge in [-0.3, -0.25) is 4.79 Å². The molecule has 124 valence electrons. The summed E-state index contributed by atoms with van der Waals surface area (Å²) in [7, 11) is 3.21. The van der Waals surface area contributed by atoms with Crippen molar-refractivity contribution < 1.29 is 14.3 Å². The average Bonchev–Trinajstić information content (AvgIpc) is 3.06. The standard InChI is InChI=1S/C15H19N3O3S2/c1-9(12-7-11(20-3)5-6-13(12)21-4)17-14(19)10(2)23-15-18-16-8-22-15/h5-10H,1-4H3,(H,17,19)/t9-,10+/m1/s1. The molecule has 1 aromatic carbocycles. The number of benzene rings is 1. The van der Waals surface area contributed by atoms with E-state index in [9.17, 15) is 4.79 Å². The molecule has 0 bridgehead atoms. The van der Waals surface area contributed by atoms with Crippen molar-refractivity contribution in [1.82, 2.24) is 15.5 Å². The molecule has 1 heterocycles. The van der Waals surface area contributed by atoms with E-state index in [1.165, 1.54) is 23.1 Å². The van der Waals surface area contributed by atoms with Crippen LogP contribution in [0.3, 0.4) is 0 Å². The number of ether oxygens (including phenoxy) is 2. The maximum atomic E-state index is 12.4. The lowest BCUT2D eigenvalue weighted by Gasteiger charge is -2.20. The fourth-order valence-electron chi connectivity index (χ4n) is 2.01. The number of methoxy groups -OCH3 is 2. The third-order valence-corrected chi connectivity index (χ3v) is 5.16. The van der Waals surface area contributed by atoms with Gasteiger partial charge in [-0.05, 0) is 32.0 Å². The summed E-state index contributed by atoms with van der Waals surface area (Å²) < 4.78 is 11.4. The van der Waals surface area contributed by atoms with Gasteiger partial charge >= 0.3 is 0 Å². The second-order valence-electron chi connectivity index (χ2n) is 4.80. The molecule has 2 atom stereocenters. The first-order chi connectivity index (χ1) is 11.0. The zero-order valence-electron chi connectivity index (χ0n) is 13.4. The fourth-order valence-corrected chi connectivity index (χ4v) is 3.64. The van der Waals surface area contributed by atoms with Crippen LogP contribution in [0.1, 0.15) is 25.5 Å². The summed E-state index contributed by atoms with van der Waals surface area (Å²) in [6.07, 6.45) is 0. The highest BCUT2D eigenvalue weighted by atomic mass is 32.2. The van der Waals surface area contributed by atoms with Gasteiger partial charge in [0.15, 0.2) is 4.34 Å². The number of amides is 1. The van der Waals surface area contributed by atoms with Crippen molar-refractivity contribution in [2.75, 3.05) is 14.2 Å². The van der Waals surface area contributed by atoms with E-state index in [1.54, 1.807) is 19.7 Å². The number of nitrogens with one attached hydrogen (secondary N) is 1. The minimum Gasteiger partial charge on any atom is -0.497 e. The van der Waals surface area contributed by atoms with Gasteiger partial charge < -0.3 is 14.8 Å². The van der Waals surface area contributed by atoms with Crippen LogP contribution in [-0.2, 0) is 4.79 Å². The van der Waals surface area contributed by atoms with E-state index in [1.807, 2.05) is 32.0 Å². The molecule has 0 fully saturated rings. The molecule has 0 radical (unpaired) electrons. The van der Waals surface area contributed by atoms with Crippen LogP contribution in [0.25, 0.3) is 0 Å². The predicted octanol–water partition coefficient (Wildman–Crippen LogP) is 2.91. The quantitative estimate of drug-likeness (QED) is 0.772. The lowest BCUT2D eigenvalue weighted by Crippen LogP contribution is -2.33. The maximum Gasteiger partial charge on any atom is 0.233 e. The topological polar surface area (TPSA) is 73.3 Å². The number of carbonyl (C=O) groups excluding carboxylic acids is 1. The molecular formula is C15H19N3O3S2. The third kappa shape index (κ3) is 4.59. The number of carbonyl (C=O) groups is 1. The first-order valence-electron chi connectivity index (χ1n) is 7.00. The van der Waals surface area contributed by atoms with Gasteiger partial charge in [0, 0.05) is 5.56 Å². The van der Waals surface area contributed by atoms with E-state index >= 15 is 0 Å². The van der Waals surface area contributed by atoms with E-state index in [-0.39, 0.29) is 17.2 Å². The first kappa shape index (κ1) is 17.6. The molecule has 2 rings (SSSR count). The van der Waals surface area contributed by atoms with Crippen molar-refractivity contribution in [3.63, 3.8) is 0 Å². The Labute approximate surface area is 143 Å². The molecule has 23 heavy (non-hydrogen) atoms. The van der Waals surface area contributed by atoms with Gasteiger partial charge in [0.1, 0.15) is 17.0 Å². The summed E-state index contributed by atoms with van der Waals surface area (Å²) in [6.45, 7) is 3.76. The van der Waals surface area contributed by atoms with E-state index in [4.69, 9.17) is 9.47 Å². The molecular weight excluding hydrogens is 334 g/mol. The Bertz CT molecular complexity index is 649. The Morgan fingerprint density at radius 2 is 2.09 bits per heavy atom. The van der Waals surface area contributed by atoms with E-state index in [0.29, 0.717) is 5.75 Å². The van der Waals surface area contributed by atoms with Crippen LogP contribution in [0, 0.1) is 0 Å². The maximum absolute atomic E-state index is 12.4. The summed E-state index contributed by atoms with van der Waals surface area (Å²) in [5, 5.41) is 10.4. The second kappa shape index (κ2) is 8.16. The molecule has 2 aromatic rings. The first-order valence-corrected chi connectivity index (χ1v) is 8.76. The van der Waals surface area contributed by atoms with E-state index < -0.39 is 0 Å². The summed E-state index contributed by atoms with van der Waals surface area (Å²) in [5.74, 6) is 1.36. The van der Waals surface area contributed by atoms with Crippen LogP contribution >= 0.6 is 23.1 Å². The van der Waals surface area contributed by atoms with Crippen LogP contribution < -0.4 is 14.8 Å². The SMILES string of the molecule is COc1ccc(OC)c([C@@H](C)NC(=O)[C@H](C)Sc2nncs2)c1. The molecule has 0 aliphatic carbocycles. The predicted molar refractivity (Wildman–Crippen MR) is 91.3 cm³/mol. The highest BCUT2D eigenvalue weighted by Gasteiger charge is 2.20. The summed E-state index contributed by atoms with van der Waals surface area (Å²) in [5.41, 5.74) is 2.52. The van der Waals surface area contributed by atoms with Crippen molar-refractivity contribution in [2.45, 2.75) is 29.5 Å². The van der Waals surface area contributed by atoms with Crippen molar-refractivity contribution in [2.24, 2.45) is 0 Å². The van der Waals surface area contributed by atoms with Crippen molar-refractivity contribution in [3.8, 4) is 11.5 Å². The molecule has 8 heteroatoms. The Morgan fingerprint density at radius 1 is 1.30 bits per heavy atom. The lowest BCUT2D eigenvalue weighted by molar-refractivity contribution is -0.120. The molecule has 1 aromatic heterocycles. The van der Waals surface area contributed by atoms with Gasteiger partial charge in [0.2, 0.25) is 5.91 Å². The van der Waals surface area contributed by atoms with Crippen LogP contribution in [0.5, 0.6) is 11.5 Å². The molecule has 1 amide bonds. The number of hydrogen-bond donors (Lipinski definition) is 1. The third-order valence-electron chi connectivity index (χ3n) is 3.25. The monoisotopic (exact) mass is 353 g/mol. The molecule has 0 aliphatic rings. The minimum atomic E-state index is -0.262. The van der Waals surface area contributed by atoms with Gasteiger partial charge in [-0.15, -0.1) is 10.2 Å². The highest BCUT2D eigenvalue weighted by molar-refractivity contribution is 8.02. The Hall–Kier alpha value is -1.80. The normalized spacial score (nSPS) is 13.2. The number of hydrogen-bond acceptors (Lipinski definition) is 7. The van der Waals surface area contributed by atoms with E-state index in [2.05, 4.69) is 15.5 Å². The Balaban J connectivity index is 2.05. The Kier molecular flexibility index (Phi) is 6.23. The van der Waals surface area contributed by atoms with E-state index in [0.717, 1.165) is 15.7 Å². The molecule has 0 spiro atoms. The average molecular weight is 353 g/mol. The number of rotatable bonds is 7. The summed E-state index contributed by atoms with van der Waals surface area (Å²) in [4.78, 5) is 12.4. The van der Waals surface area contributed by atoms with Gasteiger partial charge in [-0.2, -0.15) is 0 Å². The van der Waals surface area contributed by atoms with Crippen molar-refractivity contribution in [3.05, 3.63) is 29.3 Å². The second-order valence-corrected chi connectivity index (χ2v) is 7.22. The van der Waals surface area contributed by atoms with Crippen molar-refractivity contribution in [1.29, 1.82) is 0 Å². The molecule has 1 N–H and O–H groups in total. The van der Waals surface area contributed by atoms with Crippen LogP contribution in [0.2, 0.25) is 0 Å². The number of nitrogens with zero attached hydrogens (tertiary/aromatic N) is 2. The Morgan fingerprint density at radius 3 is 2.70 bits per heavy atom. The molecule has 0 aliphatic heterocycles.